The molecule has 31 heavy (non-hydrogen) atoms. The fourth-order valence-corrected chi connectivity index (χ4v) is 4.80. The molecule has 2 N–H and O–H groups in total. The lowest BCUT2D eigenvalue weighted by Crippen LogP contribution is -2.31. The molecule has 0 amide bonds. The molecule has 0 aromatic heterocycles. The quantitative estimate of drug-likeness (QED) is 0.299. The number of allylic oxidation sites excluding steroid dienone is 3. The van der Waals surface area contributed by atoms with Crippen LogP contribution in [0.4, 0.5) is 11.4 Å². The van der Waals surface area contributed by atoms with Crippen molar-refractivity contribution in [3.63, 3.8) is 0 Å². The molecule has 2 aromatic carbocycles. The molecule has 3 rings (SSSR count). The fourth-order valence-electron chi connectivity index (χ4n) is 4.30. The number of nitrogens with zero attached hydrogens (tertiary/aromatic N) is 1. The van der Waals surface area contributed by atoms with Crippen LogP contribution in [0.3, 0.4) is 0 Å². The van der Waals surface area contributed by atoms with Gasteiger partial charge in [0.25, 0.3) is 10.1 Å². The van der Waals surface area contributed by atoms with E-state index in [9.17, 15) is 8.42 Å². The third-order valence-electron chi connectivity index (χ3n) is 5.66. The molecule has 2 aromatic rings. The van der Waals surface area contributed by atoms with Crippen molar-refractivity contribution in [1.82, 2.24) is 0 Å². The molecule has 0 saturated carbocycles. The molecule has 0 fully saturated rings. The standard InChI is InChI=1S/C25H30N2O3S/c1-3-17-25(2)22-14-7-8-15-23(22)27(19-11-20-31(28,29)30)24(25)16-9-10-18-26-21-12-5-4-6-13-21/h4-10,12-16,18H,3,11,17,19-20H2,1-2H3,(H,28,29,30)/p+1. The maximum Gasteiger partial charge on any atom is 0.265 e. The van der Waals surface area contributed by atoms with Crippen LogP contribution in [0, 0.1) is 0 Å². The highest BCUT2D eigenvalue weighted by Gasteiger charge is 2.46. The average molecular weight is 440 g/mol. The topological polar surface area (TPSA) is 69.4 Å². The van der Waals surface area contributed by atoms with Crippen LogP contribution in [0.5, 0.6) is 0 Å². The van der Waals surface area contributed by atoms with Crippen molar-refractivity contribution < 1.29 is 17.5 Å². The Morgan fingerprint density at radius 1 is 1.06 bits per heavy atom. The van der Waals surface area contributed by atoms with Gasteiger partial charge in [-0.1, -0.05) is 55.8 Å². The third-order valence-corrected chi connectivity index (χ3v) is 6.47. The second-order valence-electron chi connectivity index (χ2n) is 8.00. The summed E-state index contributed by atoms with van der Waals surface area (Å²) in [5, 5.41) is 3.25. The van der Waals surface area contributed by atoms with E-state index < -0.39 is 10.1 Å². The average Bonchev–Trinajstić information content (AvgIpc) is 2.96. The SMILES string of the molecule is CCCC1(C)C(C=CC=CNc2ccccc2)=[N+](CCCS(=O)(=O)O)c2ccccc21. The lowest BCUT2D eigenvalue weighted by atomic mass is 9.76. The lowest BCUT2D eigenvalue weighted by molar-refractivity contribution is -0.437. The molecular weight excluding hydrogens is 408 g/mol. The zero-order valence-electron chi connectivity index (χ0n) is 18.2. The monoisotopic (exact) mass is 439 g/mol. The highest BCUT2D eigenvalue weighted by Crippen LogP contribution is 2.43. The predicted molar refractivity (Wildman–Crippen MR) is 128 cm³/mol. The second kappa shape index (κ2) is 10.1. The molecular formula is C25H31N2O3S+. The molecule has 0 saturated heterocycles. The summed E-state index contributed by atoms with van der Waals surface area (Å²) >= 11 is 0. The molecule has 1 unspecified atom stereocenters. The minimum atomic E-state index is -3.97. The third kappa shape index (κ3) is 5.71. The van der Waals surface area contributed by atoms with Crippen molar-refractivity contribution in [2.75, 3.05) is 17.6 Å². The smallest absolute Gasteiger partial charge is 0.265 e. The van der Waals surface area contributed by atoms with Gasteiger partial charge in [0.05, 0.1) is 11.2 Å². The van der Waals surface area contributed by atoms with E-state index in [0.29, 0.717) is 13.0 Å². The van der Waals surface area contributed by atoms with Crippen LogP contribution in [0.25, 0.3) is 0 Å². The first-order valence-corrected chi connectivity index (χ1v) is 12.3. The van der Waals surface area contributed by atoms with Gasteiger partial charge in [-0.3, -0.25) is 4.55 Å². The Balaban J connectivity index is 1.89. The molecule has 164 valence electrons. The first kappa shape index (κ1) is 23.0. The largest absolute Gasteiger partial charge is 0.362 e. The van der Waals surface area contributed by atoms with E-state index in [1.807, 2.05) is 54.8 Å². The highest BCUT2D eigenvalue weighted by molar-refractivity contribution is 7.85. The van der Waals surface area contributed by atoms with Crippen LogP contribution in [0.1, 0.15) is 38.7 Å². The summed E-state index contributed by atoms with van der Waals surface area (Å²) in [6.45, 7) is 4.96. The molecule has 0 aliphatic carbocycles. The summed E-state index contributed by atoms with van der Waals surface area (Å²) in [6.07, 6.45) is 10.4. The van der Waals surface area contributed by atoms with Crippen molar-refractivity contribution >= 4 is 27.2 Å². The van der Waals surface area contributed by atoms with Crippen LogP contribution in [-0.2, 0) is 15.5 Å². The maximum atomic E-state index is 11.2. The molecule has 1 atom stereocenters. The Morgan fingerprint density at radius 3 is 2.48 bits per heavy atom. The summed E-state index contributed by atoms with van der Waals surface area (Å²) in [7, 11) is -3.97. The number of rotatable bonds is 10. The van der Waals surface area contributed by atoms with Gasteiger partial charge >= 0.3 is 0 Å². The number of anilines is 1. The Bertz CT molecular complexity index is 1090. The van der Waals surface area contributed by atoms with Crippen molar-refractivity contribution in [3.05, 3.63) is 84.6 Å². The van der Waals surface area contributed by atoms with Gasteiger partial charge in [-0.25, -0.2) is 0 Å². The number of benzene rings is 2. The van der Waals surface area contributed by atoms with Crippen molar-refractivity contribution in [3.8, 4) is 0 Å². The Hall–Kier alpha value is -2.70. The molecule has 0 radical (unpaired) electrons. The summed E-state index contributed by atoms with van der Waals surface area (Å²) in [5.41, 5.74) is 4.39. The van der Waals surface area contributed by atoms with Crippen LogP contribution in [0.15, 0.2) is 79.0 Å². The van der Waals surface area contributed by atoms with Gasteiger partial charge in [0.2, 0.25) is 5.69 Å². The zero-order valence-corrected chi connectivity index (χ0v) is 19.0. The summed E-state index contributed by atoms with van der Waals surface area (Å²) in [5.74, 6) is -0.242. The van der Waals surface area contributed by atoms with Crippen LogP contribution >= 0.6 is 0 Å². The van der Waals surface area contributed by atoms with Gasteiger partial charge < -0.3 is 5.32 Å². The van der Waals surface area contributed by atoms with E-state index in [0.717, 1.165) is 29.9 Å². The van der Waals surface area contributed by atoms with Gasteiger partial charge in [0.1, 0.15) is 6.54 Å². The molecule has 0 bridgehead atoms. The number of hydrogen-bond acceptors (Lipinski definition) is 3. The summed E-state index contributed by atoms with van der Waals surface area (Å²) < 4.78 is 33.8. The highest BCUT2D eigenvalue weighted by atomic mass is 32.2. The van der Waals surface area contributed by atoms with E-state index in [4.69, 9.17) is 4.55 Å². The maximum absolute atomic E-state index is 11.2. The molecule has 5 nitrogen and oxygen atoms in total. The molecule has 1 aliphatic rings. The Labute approximate surface area is 185 Å². The number of hydrogen-bond donors (Lipinski definition) is 2. The summed E-state index contributed by atoms with van der Waals surface area (Å²) in [6, 6.07) is 18.3. The summed E-state index contributed by atoms with van der Waals surface area (Å²) in [4.78, 5) is 0. The van der Waals surface area contributed by atoms with Crippen LogP contribution < -0.4 is 5.32 Å². The van der Waals surface area contributed by atoms with Crippen molar-refractivity contribution in [2.24, 2.45) is 0 Å². The van der Waals surface area contributed by atoms with Gasteiger partial charge in [0, 0.05) is 36.0 Å². The normalized spacial score (nSPS) is 18.8. The lowest BCUT2D eigenvalue weighted by Gasteiger charge is -2.21. The minimum absolute atomic E-state index is 0.152. The first-order valence-electron chi connectivity index (χ1n) is 10.7. The van der Waals surface area contributed by atoms with Gasteiger partial charge in [-0.15, -0.1) is 0 Å². The first-order chi connectivity index (χ1) is 14.8. The van der Waals surface area contributed by atoms with Crippen molar-refractivity contribution in [2.45, 2.75) is 38.5 Å². The van der Waals surface area contributed by atoms with Gasteiger partial charge in [-0.05, 0) is 31.6 Å². The number of fused-ring (bicyclic) bond motifs is 1. The van der Waals surface area contributed by atoms with E-state index in [1.165, 1.54) is 5.56 Å². The van der Waals surface area contributed by atoms with Gasteiger partial charge in [0.15, 0.2) is 5.71 Å². The minimum Gasteiger partial charge on any atom is -0.362 e. The second-order valence-corrected chi connectivity index (χ2v) is 9.58. The number of nitrogens with one attached hydrogen (secondary N) is 1. The Kier molecular flexibility index (Phi) is 7.46. The number of para-hydroxylation sites is 2. The van der Waals surface area contributed by atoms with Crippen LogP contribution in [0.2, 0.25) is 0 Å². The van der Waals surface area contributed by atoms with E-state index in [-0.39, 0.29) is 11.2 Å². The molecule has 1 heterocycles. The van der Waals surface area contributed by atoms with Crippen molar-refractivity contribution in [1.29, 1.82) is 0 Å². The molecule has 1 aliphatic heterocycles. The zero-order chi connectivity index (χ0) is 22.3. The van der Waals surface area contributed by atoms with E-state index >= 15 is 0 Å². The fraction of sp³-hybridized carbons (Fsp3) is 0.320. The molecule has 6 heteroatoms. The van der Waals surface area contributed by atoms with E-state index in [1.54, 1.807) is 0 Å². The van der Waals surface area contributed by atoms with Gasteiger partial charge in [-0.2, -0.15) is 13.0 Å². The predicted octanol–water partition coefficient (Wildman–Crippen LogP) is 5.30. The molecule has 0 spiro atoms. The van der Waals surface area contributed by atoms with Crippen LogP contribution in [-0.4, -0.2) is 35.6 Å². The Morgan fingerprint density at radius 2 is 1.77 bits per heavy atom. The van der Waals surface area contributed by atoms with E-state index in [2.05, 4.69) is 48.0 Å².